The molecule has 0 amide bonds. The van der Waals surface area contributed by atoms with Gasteiger partial charge < -0.3 is 24.2 Å². The molecule has 0 spiro atoms. The molecular weight excluding hydrogens is 976 g/mol. The van der Waals surface area contributed by atoms with E-state index in [2.05, 4.69) is 130 Å². The van der Waals surface area contributed by atoms with Crippen molar-refractivity contribution in [3.05, 3.63) is 134 Å². The average Bonchev–Trinajstić information content (AvgIpc) is 3.41. The molecule has 3 atom stereocenters. The van der Waals surface area contributed by atoms with Gasteiger partial charge in [0, 0.05) is 19.3 Å². The molecule has 76 heavy (non-hydrogen) atoms. The van der Waals surface area contributed by atoms with Crippen LogP contribution in [0, 0.1) is 0 Å². The molecule has 0 fully saturated rings. The fourth-order valence-electron chi connectivity index (χ4n) is 7.20. The molecule has 11 nitrogen and oxygen atoms in total. The van der Waals surface area contributed by atoms with Crippen LogP contribution in [-0.2, 0) is 42.2 Å². The predicted molar refractivity (Wildman–Crippen MR) is 316 cm³/mol. The normalized spacial score (nSPS) is 14.3. The van der Waals surface area contributed by atoms with Crippen molar-refractivity contribution in [1.29, 1.82) is 0 Å². The number of unbranched alkanes of at least 4 members (excludes halogenated alkanes) is 13. The van der Waals surface area contributed by atoms with Crippen molar-refractivity contribution in [2.45, 2.75) is 226 Å². The van der Waals surface area contributed by atoms with Gasteiger partial charge in [-0.05, 0) is 116 Å². The summed E-state index contributed by atoms with van der Waals surface area (Å²) in [7, 11) is -4.79. The van der Waals surface area contributed by atoms with E-state index in [4.69, 9.17) is 23.3 Å². The minimum Gasteiger partial charge on any atom is -0.462 e. The lowest BCUT2D eigenvalue weighted by molar-refractivity contribution is -0.161. The first-order chi connectivity index (χ1) is 37.2. The van der Waals surface area contributed by atoms with Gasteiger partial charge in [-0.1, -0.05) is 212 Å². The van der Waals surface area contributed by atoms with Gasteiger partial charge in [0.1, 0.15) is 12.7 Å². The number of carbonyl (C=O) groups is 3. The summed E-state index contributed by atoms with van der Waals surface area (Å²) >= 11 is 0. The monoisotopic (exact) mass is 1080 g/mol. The molecule has 0 saturated carbocycles. The Balaban J connectivity index is 4.84. The van der Waals surface area contributed by atoms with E-state index in [0.717, 1.165) is 96.3 Å². The Morgan fingerprint density at radius 3 is 1.16 bits per heavy atom. The Bertz CT molecular complexity index is 1780. The first-order valence-electron chi connectivity index (χ1n) is 29.1. The number of hydrogen-bond donors (Lipinski definition) is 2. The molecule has 2 N–H and O–H groups in total. The second kappa shape index (κ2) is 56.8. The molecule has 0 aromatic rings. The van der Waals surface area contributed by atoms with Gasteiger partial charge >= 0.3 is 25.7 Å². The van der Waals surface area contributed by atoms with Crippen molar-refractivity contribution in [3.63, 3.8) is 0 Å². The van der Waals surface area contributed by atoms with Crippen molar-refractivity contribution >= 4 is 25.7 Å². The van der Waals surface area contributed by atoms with Gasteiger partial charge in [-0.15, -0.1) is 0 Å². The average molecular weight is 1080 g/mol. The van der Waals surface area contributed by atoms with Crippen LogP contribution in [-0.4, -0.2) is 66.5 Å². The minimum atomic E-state index is -4.79. The lowest BCUT2D eigenvalue weighted by Gasteiger charge is -2.21. The molecule has 12 heteroatoms. The van der Waals surface area contributed by atoms with E-state index in [1.54, 1.807) is 0 Å². The van der Waals surface area contributed by atoms with Gasteiger partial charge in [0.15, 0.2) is 6.10 Å². The quantitative estimate of drug-likeness (QED) is 0.0197. The number of phosphoric acid groups is 1. The zero-order valence-corrected chi connectivity index (χ0v) is 48.3. The Labute approximate surface area is 461 Å². The third-order valence-electron chi connectivity index (χ3n) is 11.6. The summed E-state index contributed by atoms with van der Waals surface area (Å²) in [4.78, 5) is 48.5. The predicted octanol–water partition coefficient (Wildman–Crippen LogP) is 17.4. The SMILES string of the molecule is CC/C=C\C/C=C\C/C=C\C/C=C\C/C=C\CCCC(=O)OC(CO)COP(=O)(O)OCC(COC(=O)CC/C=C\C/C=C\C/C=C\C/C=C\CC)OC(=O)CCCCCCCCCCC/C=C\C/C=C\CCCCC. The number of hydrogen-bond acceptors (Lipinski definition) is 10. The second-order valence-electron chi connectivity index (χ2n) is 18.7. The zero-order chi connectivity index (χ0) is 55.5. The number of esters is 3. The highest BCUT2D eigenvalue weighted by Gasteiger charge is 2.28. The van der Waals surface area contributed by atoms with Gasteiger partial charge in [0.25, 0.3) is 0 Å². The smallest absolute Gasteiger partial charge is 0.462 e. The first kappa shape index (κ1) is 71.6. The molecule has 3 unspecified atom stereocenters. The summed E-state index contributed by atoms with van der Waals surface area (Å²) in [5.74, 6) is -1.64. The number of ether oxygens (including phenoxy) is 3. The molecule has 430 valence electrons. The van der Waals surface area contributed by atoms with Crippen LogP contribution < -0.4 is 0 Å². The van der Waals surface area contributed by atoms with Gasteiger partial charge in [-0.2, -0.15) is 0 Å². The number of rotatable bonds is 52. The molecule has 0 saturated heterocycles. The third kappa shape index (κ3) is 54.4. The third-order valence-corrected chi connectivity index (χ3v) is 12.5. The molecule has 0 aromatic carbocycles. The zero-order valence-electron chi connectivity index (χ0n) is 47.4. The van der Waals surface area contributed by atoms with Gasteiger partial charge in [-0.25, -0.2) is 4.57 Å². The van der Waals surface area contributed by atoms with Crippen LogP contribution >= 0.6 is 7.82 Å². The molecule has 0 aliphatic rings. The maximum atomic E-state index is 12.9. The van der Waals surface area contributed by atoms with Gasteiger partial charge in [0.05, 0.1) is 19.8 Å². The molecule has 0 heterocycles. The Hall–Kier alpha value is -4.38. The number of phosphoric ester groups is 1. The van der Waals surface area contributed by atoms with E-state index < -0.39 is 57.8 Å². The Morgan fingerprint density at radius 2 is 0.724 bits per heavy atom. The van der Waals surface area contributed by atoms with Crippen molar-refractivity contribution in [2.24, 2.45) is 0 Å². The minimum absolute atomic E-state index is 0.0871. The van der Waals surface area contributed by atoms with E-state index in [1.807, 2.05) is 24.3 Å². The van der Waals surface area contributed by atoms with E-state index >= 15 is 0 Å². The number of aliphatic hydroxyl groups excluding tert-OH is 1. The fraction of sp³-hybridized carbons (Fsp3) is 0.609. The topological polar surface area (TPSA) is 155 Å². The lowest BCUT2D eigenvalue weighted by Crippen LogP contribution is -2.30. The second-order valence-corrected chi connectivity index (χ2v) is 20.1. The molecular formula is C64H103O11P. The van der Waals surface area contributed by atoms with E-state index in [9.17, 15) is 28.9 Å². The Kier molecular flexibility index (Phi) is 53.5. The summed E-state index contributed by atoms with van der Waals surface area (Å²) in [6.07, 6.45) is 71.5. The fourth-order valence-corrected chi connectivity index (χ4v) is 7.98. The lowest BCUT2D eigenvalue weighted by atomic mass is 10.1. The van der Waals surface area contributed by atoms with Crippen molar-refractivity contribution in [3.8, 4) is 0 Å². The van der Waals surface area contributed by atoms with Crippen LogP contribution in [0.25, 0.3) is 0 Å². The summed E-state index contributed by atoms with van der Waals surface area (Å²) in [5, 5.41) is 9.81. The van der Waals surface area contributed by atoms with Crippen molar-refractivity contribution < 1.29 is 52.2 Å². The van der Waals surface area contributed by atoms with Crippen LogP contribution in [0.3, 0.4) is 0 Å². The number of carbonyl (C=O) groups excluding carboxylic acids is 3. The molecule has 0 rings (SSSR count). The van der Waals surface area contributed by atoms with E-state index in [-0.39, 0.29) is 25.9 Å². The van der Waals surface area contributed by atoms with Crippen LogP contribution in [0.4, 0.5) is 0 Å². The van der Waals surface area contributed by atoms with Gasteiger partial charge in [0.2, 0.25) is 0 Å². The number of allylic oxidation sites excluding steroid dienone is 22. The molecule has 0 aromatic heterocycles. The van der Waals surface area contributed by atoms with Crippen LogP contribution in [0.1, 0.15) is 213 Å². The standard InChI is InChI=1S/C64H103O11P/c1-4-7-10-13-16-19-22-25-27-29-30-32-34-37-40-43-46-49-52-55-64(68)75-61(57-71-62(66)53-50-47-44-41-38-35-24-21-18-15-12-9-6-3)59-73-76(69,70)72-58-60(56-65)74-63(67)54-51-48-45-42-39-36-33-31-28-26-23-20-17-14-11-8-5-2/h8-9,11-12,16-21,25-28,33,35-36,38,42,44-45,47,60-61,65H,4-7,10,13-15,22-24,29-32,34,37,39-41,43,46,48-59H2,1-3H3,(H,69,70)/b11-8-,12-9-,19-16-,20-17-,21-18-,27-25-,28-26-,36-33-,38-35-,45-42-,47-44-. The summed E-state index contributed by atoms with van der Waals surface area (Å²) in [5.41, 5.74) is 0. The maximum absolute atomic E-state index is 12.9. The highest BCUT2D eigenvalue weighted by Crippen LogP contribution is 2.43. The molecule has 0 radical (unpaired) electrons. The summed E-state index contributed by atoms with van der Waals surface area (Å²) in [6, 6.07) is 0. The van der Waals surface area contributed by atoms with Crippen molar-refractivity contribution in [1.82, 2.24) is 0 Å². The first-order valence-corrected chi connectivity index (χ1v) is 30.6. The van der Waals surface area contributed by atoms with E-state index in [0.29, 0.717) is 25.7 Å². The molecule has 0 aliphatic carbocycles. The Morgan fingerprint density at radius 1 is 0.382 bits per heavy atom. The molecule has 0 aliphatic heterocycles. The maximum Gasteiger partial charge on any atom is 0.472 e. The van der Waals surface area contributed by atoms with Crippen molar-refractivity contribution in [2.75, 3.05) is 26.4 Å². The van der Waals surface area contributed by atoms with E-state index in [1.165, 1.54) is 51.4 Å². The van der Waals surface area contributed by atoms with Crippen LogP contribution in [0.5, 0.6) is 0 Å². The van der Waals surface area contributed by atoms with Crippen LogP contribution in [0.2, 0.25) is 0 Å². The summed E-state index contributed by atoms with van der Waals surface area (Å²) < 4.78 is 39.4. The largest absolute Gasteiger partial charge is 0.472 e. The summed E-state index contributed by atoms with van der Waals surface area (Å²) in [6.45, 7) is 4.22. The highest BCUT2D eigenvalue weighted by molar-refractivity contribution is 7.47. The van der Waals surface area contributed by atoms with Gasteiger partial charge in [-0.3, -0.25) is 23.4 Å². The number of aliphatic hydroxyl groups is 1. The molecule has 0 bridgehead atoms. The highest BCUT2D eigenvalue weighted by atomic mass is 31.2. The van der Waals surface area contributed by atoms with Crippen LogP contribution in [0.15, 0.2) is 134 Å².